The second-order valence-electron chi connectivity index (χ2n) is 6.62. The summed E-state index contributed by atoms with van der Waals surface area (Å²) in [6.07, 6.45) is 3.54. The Labute approximate surface area is 138 Å². The van der Waals surface area contributed by atoms with E-state index in [-0.39, 0.29) is 11.4 Å². The van der Waals surface area contributed by atoms with Gasteiger partial charge in [-0.25, -0.2) is 14.4 Å². The molecule has 124 valence electrons. The fraction of sp³-hybridized carbons (Fsp3) is 0.353. The topological polar surface area (TPSA) is 83.7 Å². The molecule has 1 aliphatic heterocycles. The molecule has 0 radical (unpaired) electrons. The maximum atomic E-state index is 14.0. The Bertz CT molecular complexity index is 878. The van der Waals surface area contributed by atoms with Crippen LogP contribution >= 0.6 is 0 Å². The first kappa shape index (κ1) is 15.0. The van der Waals surface area contributed by atoms with E-state index < -0.39 is 0 Å². The Morgan fingerprint density at radius 3 is 2.75 bits per heavy atom. The van der Waals surface area contributed by atoms with Crippen molar-refractivity contribution in [3.8, 4) is 11.3 Å². The first-order valence-corrected chi connectivity index (χ1v) is 8.03. The van der Waals surface area contributed by atoms with Crippen molar-refractivity contribution < 1.29 is 4.39 Å². The summed E-state index contributed by atoms with van der Waals surface area (Å²) < 4.78 is 14.0. The van der Waals surface area contributed by atoms with E-state index in [4.69, 9.17) is 5.73 Å². The number of rotatable bonds is 2. The van der Waals surface area contributed by atoms with Gasteiger partial charge in [-0.1, -0.05) is 12.1 Å². The van der Waals surface area contributed by atoms with Crippen molar-refractivity contribution in [2.45, 2.75) is 25.3 Å². The largest absolute Gasteiger partial charge is 0.355 e. The first-order valence-electron chi connectivity index (χ1n) is 8.03. The third-order valence-electron chi connectivity index (χ3n) is 4.62. The molecule has 0 amide bonds. The summed E-state index contributed by atoms with van der Waals surface area (Å²) in [7, 11) is 0. The Morgan fingerprint density at radius 2 is 2.00 bits per heavy atom. The molecule has 0 spiro atoms. The van der Waals surface area contributed by atoms with Crippen LogP contribution in [0, 0.1) is 5.82 Å². The van der Waals surface area contributed by atoms with Crippen LogP contribution in [0.1, 0.15) is 19.8 Å². The molecule has 1 saturated heterocycles. The molecule has 0 bridgehead atoms. The molecule has 6 nitrogen and oxygen atoms in total. The minimum absolute atomic E-state index is 0.113. The van der Waals surface area contributed by atoms with Crippen LogP contribution in [-0.4, -0.2) is 38.8 Å². The van der Waals surface area contributed by atoms with Crippen LogP contribution < -0.4 is 10.6 Å². The van der Waals surface area contributed by atoms with Crippen LogP contribution in [0.25, 0.3) is 22.4 Å². The molecule has 0 atom stereocenters. The Morgan fingerprint density at radius 1 is 1.25 bits per heavy atom. The molecule has 1 fully saturated rings. The highest BCUT2D eigenvalue weighted by molar-refractivity contribution is 5.87. The van der Waals surface area contributed by atoms with Gasteiger partial charge in [-0.3, -0.25) is 5.10 Å². The molecule has 7 heteroatoms. The second-order valence-corrected chi connectivity index (χ2v) is 6.62. The van der Waals surface area contributed by atoms with Crippen LogP contribution in [0.5, 0.6) is 0 Å². The highest BCUT2D eigenvalue weighted by atomic mass is 19.1. The predicted molar refractivity (Wildman–Crippen MR) is 91.1 cm³/mol. The molecule has 3 heterocycles. The van der Waals surface area contributed by atoms with E-state index in [1.807, 2.05) is 0 Å². The molecule has 3 aromatic rings. The Balaban J connectivity index is 1.68. The van der Waals surface area contributed by atoms with Gasteiger partial charge in [0.05, 0.1) is 11.9 Å². The summed E-state index contributed by atoms with van der Waals surface area (Å²) in [5, 5.41) is 7.06. The van der Waals surface area contributed by atoms with Gasteiger partial charge in [-0.05, 0) is 31.9 Å². The van der Waals surface area contributed by atoms with E-state index in [0.717, 1.165) is 31.7 Å². The van der Waals surface area contributed by atoms with Crippen molar-refractivity contribution in [3.05, 3.63) is 36.3 Å². The minimum atomic E-state index is -0.313. The average Bonchev–Trinajstić information content (AvgIpc) is 2.98. The number of H-pyrrole nitrogens is 1. The molecule has 0 saturated carbocycles. The van der Waals surface area contributed by atoms with Crippen molar-refractivity contribution in [3.63, 3.8) is 0 Å². The molecule has 1 aliphatic rings. The zero-order valence-electron chi connectivity index (χ0n) is 13.5. The summed E-state index contributed by atoms with van der Waals surface area (Å²) in [4.78, 5) is 11.2. The molecule has 4 rings (SSSR count). The lowest BCUT2D eigenvalue weighted by Gasteiger charge is -2.37. The van der Waals surface area contributed by atoms with Crippen LogP contribution in [-0.2, 0) is 0 Å². The predicted octanol–water partition coefficient (Wildman–Crippen LogP) is 2.48. The van der Waals surface area contributed by atoms with Gasteiger partial charge in [0.15, 0.2) is 0 Å². The number of aromatic nitrogens is 4. The van der Waals surface area contributed by atoms with Crippen molar-refractivity contribution in [1.82, 2.24) is 20.2 Å². The van der Waals surface area contributed by atoms with E-state index in [9.17, 15) is 4.39 Å². The number of nitrogens with one attached hydrogen (secondary N) is 1. The molecule has 0 unspecified atom stereocenters. The Hall–Kier alpha value is -2.54. The lowest BCUT2D eigenvalue weighted by molar-refractivity contribution is 0.363. The summed E-state index contributed by atoms with van der Waals surface area (Å²) in [6, 6.07) is 6.55. The van der Waals surface area contributed by atoms with Crippen molar-refractivity contribution >= 4 is 17.0 Å². The van der Waals surface area contributed by atoms with Gasteiger partial charge in [-0.15, -0.1) is 0 Å². The lowest BCUT2D eigenvalue weighted by atomic mass is 9.91. The number of hydrogen-bond acceptors (Lipinski definition) is 5. The number of halogens is 1. The second kappa shape index (κ2) is 5.52. The summed E-state index contributed by atoms with van der Waals surface area (Å²) >= 11 is 0. The molecular weight excluding hydrogens is 307 g/mol. The van der Waals surface area contributed by atoms with Crippen molar-refractivity contribution in [2.24, 2.45) is 5.73 Å². The summed E-state index contributed by atoms with van der Waals surface area (Å²) in [5.74, 6) is 0.469. The summed E-state index contributed by atoms with van der Waals surface area (Å²) in [5.41, 5.74) is 8.12. The van der Waals surface area contributed by atoms with Gasteiger partial charge in [0, 0.05) is 24.2 Å². The normalized spacial score (nSPS) is 17.4. The number of aromatic amines is 1. The van der Waals surface area contributed by atoms with Crippen LogP contribution in [0.15, 0.2) is 30.5 Å². The molecule has 2 aromatic heterocycles. The van der Waals surface area contributed by atoms with Gasteiger partial charge < -0.3 is 10.6 Å². The number of nitrogens with zero attached hydrogens (tertiary/aromatic N) is 4. The summed E-state index contributed by atoms with van der Waals surface area (Å²) in [6.45, 7) is 3.77. The highest BCUT2D eigenvalue weighted by Crippen LogP contribution is 2.28. The number of anilines is 1. The highest BCUT2D eigenvalue weighted by Gasteiger charge is 2.27. The SMILES string of the molecule is CC1(N)CCN(c2cnc3c(-c4ccccc4F)[nH]nc3n2)CC1. The zero-order chi connectivity index (χ0) is 16.7. The van der Waals surface area contributed by atoms with E-state index in [2.05, 4.69) is 32.0 Å². The maximum Gasteiger partial charge on any atom is 0.202 e. The average molecular weight is 326 g/mol. The van der Waals surface area contributed by atoms with Crippen LogP contribution in [0.3, 0.4) is 0 Å². The standard InChI is InChI=1S/C17H19FN6/c1-17(19)6-8-24(9-7-17)13-10-20-15-14(22-23-16(15)21-13)11-4-2-3-5-12(11)18/h2-5,10H,6-9,19H2,1H3,(H,21,22,23). The fourth-order valence-corrected chi connectivity index (χ4v) is 3.04. The van der Waals surface area contributed by atoms with Gasteiger partial charge in [0.2, 0.25) is 5.65 Å². The number of benzene rings is 1. The van der Waals surface area contributed by atoms with Gasteiger partial charge in [0.25, 0.3) is 0 Å². The number of piperidine rings is 1. The fourth-order valence-electron chi connectivity index (χ4n) is 3.04. The van der Waals surface area contributed by atoms with E-state index in [1.165, 1.54) is 6.07 Å². The minimum Gasteiger partial charge on any atom is -0.355 e. The first-order chi connectivity index (χ1) is 11.5. The quantitative estimate of drug-likeness (QED) is 0.756. The molecule has 24 heavy (non-hydrogen) atoms. The van der Waals surface area contributed by atoms with Crippen LogP contribution in [0.4, 0.5) is 10.2 Å². The Kier molecular flexibility index (Phi) is 3.45. The lowest BCUT2D eigenvalue weighted by Crippen LogP contribution is -2.48. The van der Waals surface area contributed by atoms with E-state index in [0.29, 0.717) is 22.4 Å². The van der Waals surface area contributed by atoms with E-state index >= 15 is 0 Å². The zero-order valence-corrected chi connectivity index (χ0v) is 13.5. The van der Waals surface area contributed by atoms with Crippen LogP contribution in [0.2, 0.25) is 0 Å². The molecule has 3 N–H and O–H groups in total. The van der Waals surface area contributed by atoms with Gasteiger partial charge >= 0.3 is 0 Å². The number of hydrogen-bond donors (Lipinski definition) is 2. The molecule has 1 aromatic carbocycles. The van der Waals surface area contributed by atoms with Gasteiger partial charge in [0.1, 0.15) is 17.2 Å². The smallest absolute Gasteiger partial charge is 0.202 e. The number of nitrogens with two attached hydrogens (primary N) is 1. The molecular formula is C17H19FN6. The van der Waals surface area contributed by atoms with Crippen molar-refractivity contribution in [1.29, 1.82) is 0 Å². The van der Waals surface area contributed by atoms with E-state index in [1.54, 1.807) is 24.4 Å². The van der Waals surface area contributed by atoms with Gasteiger partial charge in [-0.2, -0.15) is 5.10 Å². The monoisotopic (exact) mass is 326 g/mol. The molecule has 0 aliphatic carbocycles. The third kappa shape index (κ3) is 2.60. The number of fused-ring (bicyclic) bond motifs is 1. The van der Waals surface area contributed by atoms with Crippen molar-refractivity contribution in [2.75, 3.05) is 18.0 Å². The third-order valence-corrected chi connectivity index (χ3v) is 4.62. The maximum absolute atomic E-state index is 14.0.